The van der Waals surface area contributed by atoms with E-state index in [4.69, 9.17) is 33.7 Å². The van der Waals surface area contributed by atoms with E-state index in [1.54, 1.807) is 18.2 Å². The highest BCUT2D eigenvalue weighted by Crippen LogP contribution is 2.48. The van der Waals surface area contributed by atoms with Crippen LogP contribution in [-0.2, 0) is 0 Å². The number of allylic oxidation sites excluding steroid dienone is 1. The molecule has 5 heteroatoms. The van der Waals surface area contributed by atoms with Crippen LogP contribution in [0.2, 0.25) is 10.0 Å². The number of hydrogen-bond donors (Lipinski definition) is 1. The molecule has 0 aromatic heterocycles. The van der Waals surface area contributed by atoms with Crippen molar-refractivity contribution >= 4 is 34.0 Å². The van der Waals surface area contributed by atoms with Crippen molar-refractivity contribution in [3.8, 4) is 11.8 Å². The van der Waals surface area contributed by atoms with Crippen LogP contribution < -0.4 is 10.5 Å². The molecule has 0 saturated heterocycles. The first kappa shape index (κ1) is 15.8. The van der Waals surface area contributed by atoms with Gasteiger partial charge in [-0.15, -0.1) is 0 Å². The molecule has 2 N–H and O–H groups in total. The summed E-state index contributed by atoms with van der Waals surface area (Å²) < 4.78 is 5.72. The van der Waals surface area contributed by atoms with Crippen molar-refractivity contribution in [3.63, 3.8) is 0 Å². The summed E-state index contributed by atoms with van der Waals surface area (Å²) in [7, 11) is 0. The van der Waals surface area contributed by atoms with E-state index in [1.807, 2.05) is 36.4 Å². The van der Waals surface area contributed by atoms with E-state index in [0.29, 0.717) is 26.9 Å². The molecule has 0 aliphatic carbocycles. The number of fused-ring (bicyclic) bond motifs is 3. The molecule has 3 aromatic rings. The highest BCUT2D eigenvalue weighted by Gasteiger charge is 2.34. The van der Waals surface area contributed by atoms with E-state index in [-0.39, 0.29) is 5.88 Å². The third-order valence-corrected chi connectivity index (χ3v) is 5.06. The Hall–Kier alpha value is -2.67. The Morgan fingerprint density at radius 2 is 1.64 bits per heavy atom. The standard InChI is InChI=1S/C20H12Cl2N2O/c21-14-6-3-7-15(22)19(14)18-13(10-23)20(24)25-16-9-8-11-4-1-2-5-12(11)17(16)18/h1-9,18H,24H2. The van der Waals surface area contributed by atoms with Crippen LogP contribution in [0.4, 0.5) is 0 Å². The Balaban J connectivity index is 2.13. The lowest BCUT2D eigenvalue weighted by atomic mass is 9.81. The third kappa shape index (κ3) is 2.42. The molecule has 4 rings (SSSR count). The van der Waals surface area contributed by atoms with Gasteiger partial charge in [-0.3, -0.25) is 0 Å². The molecule has 1 aliphatic rings. The summed E-state index contributed by atoms with van der Waals surface area (Å²) >= 11 is 12.9. The van der Waals surface area contributed by atoms with E-state index >= 15 is 0 Å². The number of nitriles is 1. The van der Waals surface area contributed by atoms with Crippen molar-refractivity contribution in [2.75, 3.05) is 0 Å². The molecule has 3 nitrogen and oxygen atoms in total. The van der Waals surface area contributed by atoms with E-state index in [0.717, 1.165) is 16.3 Å². The Morgan fingerprint density at radius 3 is 2.36 bits per heavy atom. The van der Waals surface area contributed by atoms with Crippen LogP contribution in [0.25, 0.3) is 10.8 Å². The van der Waals surface area contributed by atoms with Gasteiger partial charge in [0.05, 0.1) is 5.92 Å². The molecule has 1 heterocycles. The van der Waals surface area contributed by atoms with Crippen LogP contribution in [-0.4, -0.2) is 0 Å². The fourth-order valence-corrected chi connectivity index (χ4v) is 3.93. The van der Waals surface area contributed by atoms with Gasteiger partial charge in [-0.2, -0.15) is 5.26 Å². The average Bonchev–Trinajstić information content (AvgIpc) is 2.61. The molecule has 1 atom stereocenters. The lowest BCUT2D eigenvalue weighted by molar-refractivity contribution is 0.395. The molecule has 1 unspecified atom stereocenters. The molecule has 122 valence electrons. The number of rotatable bonds is 1. The van der Waals surface area contributed by atoms with Crippen molar-refractivity contribution in [3.05, 3.63) is 87.2 Å². The maximum Gasteiger partial charge on any atom is 0.205 e. The topological polar surface area (TPSA) is 59.0 Å². The second-order valence-corrected chi connectivity index (χ2v) is 6.57. The van der Waals surface area contributed by atoms with Crippen molar-refractivity contribution < 1.29 is 4.74 Å². The molecule has 0 spiro atoms. The number of ether oxygens (including phenoxy) is 1. The van der Waals surface area contributed by atoms with Gasteiger partial charge >= 0.3 is 0 Å². The predicted molar refractivity (Wildman–Crippen MR) is 99.7 cm³/mol. The van der Waals surface area contributed by atoms with Crippen molar-refractivity contribution in [1.82, 2.24) is 0 Å². The van der Waals surface area contributed by atoms with Crippen LogP contribution in [0.1, 0.15) is 17.0 Å². The van der Waals surface area contributed by atoms with Crippen LogP contribution in [0.5, 0.6) is 5.75 Å². The van der Waals surface area contributed by atoms with Crippen LogP contribution in [0, 0.1) is 11.3 Å². The zero-order valence-electron chi connectivity index (χ0n) is 13.0. The Morgan fingerprint density at radius 1 is 0.920 bits per heavy atom. The highest BCUT2D eigenvalue weighted by atomic mass is 35.5. The van der Waals surface area contributed by atoms with E-state index < -0.39 is 5.92 Å². The monoisotopic (exact) mass is 366 g/mol. The molecule has 25 heavy (non-hydrogen) atoms. The van der Waals surface area contributed by atoms with Gasteiger partial charge in [0.2, 0.25) is 5.88 Å². The van der Waals surface area contributed by atoms with Gasteiger partial charge in [0.1, 0.15) is 17.4 Å². The highest BCUT2D eigenvalue weighted by molar-refractivity contribution is 6.36. The SMILES string of the molecule is N#CC1=C(N)Oc2ccc3ccccc3c2C1c1c(Cl)cccc1Cl. The molecule has 0 fully saturated rings. The summed E-state index contributed by atoms with van der Waals surface area (Å²) in [5.74, 6) is 0.198. The van der Waals surface area contributed by atoms with E-state index in [9.17, 15) is 5.26 Å². The lowest BCUT2D eigenvalue weighted by Gasteiger charge is -2.28. The van der Waals surface area contributed by atoms with Gasteiger partial charge in [-0.05, 0) is 29.0 Å². The van der Waals surface area contributed by atoms with Crippen molar-refractivity contribution in [2.45, 2.75) is 5.92 Å². The molecular formula is C20H12Cl2N2O. The molecule has 0 amide bonds. The molecule has 0 radical (unpaired) electrons. The van der Waals surface area contributed by atoms with Gasteiger partial charge in [-0.1, -0.05) is 59.6 Å². The molecule has 1 aliphatic heterocycles. The first-order valence-corrected chi connectivity index (χ1v) is 8.40. The predicted octanol–water partition coefficient (Wildman–Crippen LogP) is 5.36. The van der Waals surface area contributed by atoms with Gasteiger partial charge in [-0.25, -0.2) is 0 Å². The Kier molecular flexibility index (Phi) is 3.80. The van der Waals surface area contributed by atoms with E-state index in [1.165, 1.54) is 0 Å². The Bertz CT molecular complexity index is 1060. The summed E-state index contributed by atoms with van der Waals surface area (Å²) in [4.78, 5) is 0. The van der Waals surface area contributed by atoms with Gasteiger partial charge in [0, 0.05) is 21.2 Å². The van der Waals surface area contributed by atoms with Crippen LogP contribution >= 0.6 is 23.2 Å². The minimum atomic E-state index is -0.485. The van der Waals surface area contributed by atoms with Gasteiger partial charge in [0.25, 0.3) is 0 Å². The minimum Gasteiger partial charge on any atom is -0.440 e. The lowest BCUT2D eigenvalue weighted by Crippen LogP contribution is -2.21. The fourth-order valence-electron chi connectivity index (χ4n) is 3.32. The number of nitrogens with zero attached hydrogens (tertiary/aromatic N) is 1. The number of hydrogen-bond acceptors (Lipinski definition) is 3. The zero-order valence-corrected chi connectivity index (χ0v) is 14.5. The third-order valence-electron chi connectivity index (χ3n) is 4.40. The first-order valence-electron chi connectivity index (χ1n) is 7.65. The number of benzene rings is 3. The summed E-state index contributed by atoms with van der Waals surface area (Å²) in [6.07, 6.45) is 0. The van der Waals surface area contributed by atoms with Crippen molar-refractivity contribution in [1.29, 1.82) is 5.26 Å². The Labute approximate surface area is 154 Å². The minimum absolute atomic E-state index is 0.0752. The van der Waals surface area contributed by atoms with Crippen LogP contribution in [0.3, 0.4) is 0 Å². The fraction of sp³-hybridized carbons (Fsp3) is 0.0500. The number of nitrogens with two attached hydrogens (primary N) is 1. The molecule has 0 saturated carbocycles. The summed E-state index contributed by atoms with van der Waals surface area (Å²) in [6, 6.07) is 19.2. The van der Waals surface area contributed by atoms with E-state index in [2.05, 4.69) is 6.07 Å². The average molecular weight is 367 g/mol. The summed E-state index contributed by atoms with van der Waals surface area (Å²) in [5.41, 5.74) is 7.83. The van der Waals surface area contributed by atoms with Gasteiger partial charge in [0.15, 0.2) is 0 Å². The maximum atomic E-state index is 9.72. The van der Waals surface area contributed by atoms with Crippen molar-refractivity contribution in [2.24, 2.45) is 5.73 Å². The second kappa shape index (κ2) is 6.00. The number of halogens is 2. The first-order chi connectivity index (χ1) is 12.1. The second-order valence-electron chi connectivity index (χ2n) is 5.76. The van der Waals surface area contributed by atoms with Crippen LogP contribution in [0.15, 0.2) is 66.1 Å². The molecule has 0 bridgehead atoms. The largest absolute Gasteiger partial charge is 0.440 e. The van der Waals surface area contributed by atoms with Gasteiger partial charge < -0.3 is 10.5 Å². The zero-order chi connectivity index (χ0) is 17.6. The molecule has 3 aromatic carbocycles. The maximum absolute atomic E-state index is 9.72. The summed E-state index contributed by atoms with van der Waals surface area (Å²) in [5, 5.41) is 12.7. The smallest absolute Gasteiger partial charge is 0.205 e. The quantitative estimate of drug-likeness (QED) is 0.630. The summed E-state index contributed by atoms with van der Waals surface area (Å²) in [6.45, 7) is 0. The molecular weight excluding hydrogens is 355 g/mol. The normalized spacial score (nSPS) is 16.3.